The van der Waals surface area contributed by atoms with Crippen molar-refractivity contribution in [2.45, 2.75) is 80.4 Å². The summed E-state index contributed by atoms with van der Waals surface area (Å²) in [5.74, 6) is -3.25. The summed E-state index contributed by atoms with van der Waals surface area (Å²) in [7, 11) is 0. The molecule has 0 fully saturated rings. The van der Waals surface area contributed by atoms with E-state index >= 15 is 0 Å². The van der Waals surface area contributed by atoms with Gasteiger partial charge < -0.3 is 40.8 Å². The topological polar surface area (TPSA) is 222 Å². The quantitative estimate of drug-likeness (QED) is 0.0858. The fourth-order valence-electron chi connectivity index (χ4n) is 2.57. The number of amidine groups is 2. The fraction of sp³-hybridized carbons (Fsp3) is 0.400. The van der Waals surface area contributed by atoms with Crippen molar-refractivity contribution in [1.82, 2.24) is 0 Å². The van der Waals surface area contributed by atoms with Crippen LogP contribution in [0.15, 0.2) is 58.8 Å². The van der Waals surface area contributed by atoms with Gasteiger partial charge in [-0.1, -0.05) is 38.0 Å². The summed E-state index contributed by atoms with van der Waals surface area (Å²) in [4.78, 5) is 51.2. The molecular weight excluding hydrogens is 576 g/mol. The Kier molecular flexibility index (Phi) is 21.8. The highest BCUT2D eigenvalue weighted by molar-refractivity contribution is 5.98. The van der Waals surface area contributed by atoms with E-state index in [1.54, 1.807) is 48.5 Å². The van der Waals surface area contributed by atoms with E-state index in [1.165, 1.54) is 0 Å². The van der Waals surface area contributed by atoms with E-state index in [-0.39, 0.29) is 23.9 Å². The summed E-state index contributed by atoms with van der Waals surface area (Å²) < 4.78 is 10.9. The second-order valence-corrected chi connectivity index (χ2v) is 8.40. The molecule has 0 saturated carbocycles. The van der Waals surface area contributed by atoms with Crippen molar-refractivity contribution in [3.8, 4) is 11.5 Å². The molecule has 244 valence electrons. The molecule has 0 saturated heterocycles. The van der Waals surface area contributed by atoms with Crippen LogP contribution in [0.1, 0.15) is 79.4 Å². The van der Waals surface area contributed by atoms with E-state index in [2.05, 4.69) is 20.0 Å². The van der Waals surface area contributed by atoms with Gasteiger partial charge in [0.2, 0.25) is 0 Å². The summed E-state index contributed by atoms with van der Waals surface area (Å²) in [6, 6.07) is 13.4. The largest absolute Gasteiger partial charge is 0.491 e. The minimum absolute atomic E-state index is 0.0279. The first-order valence-electron chi connectivity index (χ1n) is 13.8. The van der Waals surface area contributed by atoms with Crippen molar-refractivity contribution in [1.29, 1.82) is 0 Å². The van der Waals surface area contributed by atoms with E-state index in [9.17, 15) is 19.2 Å². The molecule has 14 nitrogen and oxygen atoms in total. The number of carbonyl (C=O) groups is 4. The van der Waals surface area contributed by atoms with Gasteiger partial charge in [0.05, 0.1) is 12.2 Å². The summed E-state index contributed by atoms with van der Waals surface area (Å²) >= 11 is 0. The van der Waals surface area contributed by atoms with Crippen LogP contribution in [0.25, 0.3) is 0 Å². The van der Waals surface area contributed by atoms with Gasteiger partial charge in [0.1, 0.15) is 24.3 Å². The monoisotopic (exact) mass is 620 g/mol. The van der Waals surface area contributed by atoms with Crippen LogP contribution in [0.5, 0.6) is 11.5 Å². The molecule has 0 amide bonds. The Labute approximate surface area is 257 Å². The number of hydrogen-bond acceptors (Lipinski definition) is 10. The fourth-order valence-corrected chi connectivity index (χ4v) is 2.57. The highest BCUT2D eigenvalue weighted by atomic mass is 16.7. The molecule has 44 heavy (non-hydrogen) atoms. The molecule has 0 aromatic heterocycles. The Morgan fingerprint density at radius 2 is 0.886 bits per heavy atom. The number of nitrogens with zero attached hydrogens (tertiary/aromatic N) is 2. The zero-order valence-electron chi connectivity index (χ0n) is 26.4. The van der Waals surface area contributed by atoms with Crippen LogP contribution in [-0.4, -0.2) is 58.0 Å². The highest BCUT2D eigenvalue weighted by Gasteiger charge is 2.11. The molecule has 0 atom stereocenters. The highest BCUT2D eigenvalue weighted by Crippen LogP contribution is 2.14. The normalized spacial score (nSPS) is 10.5. The molecule has 0 radical (unpaired) electrons. The Morgan fingerprint density at radius 3 is 1.11 bits per heavy atom. The van der Waals surface area contributed by atoms with Crippen LogP contribution in [0.3, 0.4) is 0 Å². The first-order chi connectivity index (χ1) is 20.8. The van der Waals surface area contributed by atoms with Gasteiger partial charge in [0, 0.05) is 11.1 Å². The van der Waals surface area contributed by atoms with E-state index in [1.807, 2.05) is 55.4 Å². The number of rotatable bonds is 12. The number of carboxylic acid groups (broad SMARTS) is 2. The maximum atomic E-state index is 11.0. The third-order valence-corrected chi connectivity index (χ3v) is 4.13. The number of aliphatic carboxylic acids is 2. The third-order valence-electron chi connectivity index (χ3n) is 4.13. The molecule has 2 aromatic carbocycles. The van der Waals surface area contributed by atoms with Crippen LogP contribution in [-0.2, 0) is 28.9 Å². The van der Waals surface area contributed by atoms with Gasteiger partial charge in [-0.2, -0.15) is 0 Å². The molecule has 0 bridgehead atoms. The number of nitrogens with two attached hydrogens (primary N) is 2. The maximum Gasteiger partial charge on any atom is 0.346 e. The van der Waals surface area contributed by atoms with Gasteiger partial charge in [-0.3, -0.25) is 9.59 Å². The van der Waals surface area contributed by atoms with Crippen molar-refractivity contribution in [3.05, 3.63) is 59.7 Å². The zero-order valence-corrected chi connectivity index (χ0v) is 26.4. The smallest absolute Gasteiger partial charge is 0.346 e. The molecule has 0 aliphatic carbocycles. The number of oxime groups is 2. The van der Waals surface area contributed by atoms with Gasteiger partial charge in [-0.25, -0.2) is 9.59 Å². The van der Waals surface area contributed by atoms with Crippen molar-refractivity contribution < 1.29 is 48.5 Å². The number of hydrogen-bond donors (Lipinski definition) is 4. The second kappa shape index (κ2) is 23.4. The molecule has 0 aliphatic rings. The summed E-state index contributed by atoms with van der Waals surface area (Å²) in [5, 5.41) is 23.5. The first-order valence-corrected chi connectivity index (χ1v) is 13.8. The number of benzene rings is 2. The Hall–Kier alpha value is -5.14. The van der Waals surface area contributed by atoms with Crippen molar-refractivity contribution in [2.75, 3.05) is 0 Å². The minimum atomic E-state index is -1.29. The zero-order chi connectivity index (χ0) is 34.2. The van der Waals surface area contributed by atoms with Crippen LogP contribution in [0, 0.1) is 0 Å². The average Bonchev–Trinajstić information content (AvgIpc) is 2.96. The van der Waals surface area contributed by atoms with Crippen LogP contribution in [0.4, 0.5) is 0 Å². The molecule has 0 unspecified atom stereocenters. The van der Waals surface area contributed by atoms with Gasteiger partial charge in [0.25, 0.3) is 0 Å². The summed E-state index contributed by atoms with van der Waals surface area (Å²) in [6.07, 6.45) is -1.41. The van der Waals surface area contributed by atoms with Crippen LogP contribution < -0.4 is 20.9 Å². The van der Waals surface area contributed by atoms with E-state index in [0.29, 0.717) is 22.6 Å². The molecule has 0 spiro atoms. The molecule has 0 heterocycles. The lowest BCUT2D eigenvalue weighted by molar-refractivity contribution is -0.153. The predicted molar refractivity (Wildman–Crippen MR) is 165 cm³/mol. The Morgan fingerprint density at radius 1 is 0.614 bits per heavy atom. The van der Waals surface area contributed by atoms with E-state index < -0.39 is 36.7 Å². The Balaban J connectivity index is 0. The lowest BCUT2D eigenvalue weighted by Crippen LogP contribution is -2.16. The number of carboxylic acids is 2. The summed E-state index contributed by atoms with van der Waals surface area (Å²) in [5.41, 5.74) is 12.3. The maximum absolute atomic E-state index is 11.0. The van der Waals surface area contributed by atoms with Gasteiger partial charge in [-0.05, 0) is 76.2 Å². The molecular formula is C30H44N4O10. The van der Waals surface area contributed by atoms with Gasteiger partial charge in [-0.15, -0.1) is 0 Å². The molecule has 2 aromatic rings. The lowest BCUT2D eigenvalue weighted by atomic mass is 10.2. The molecule has 0 aliphatic heterocycles. The predicted octanol–water partition coefficient (Wildman–Crippen LogP) is 4.28. The van der Waals surface area contributed by atoms with Gasteiger partial charge >= 0.3 is 23.9 Å². The summed E-state index contributed by atoms with van der Waals surface area (Å²) in [6.45, 7) is 15.6. The van der Waals surface area contributed by atoms with Gasteiger partial charge in [0.15, 0.2) is 11.7 Å². The van der Waals surface area contributed by atoms with Crippen molar-refractivity contribution in [3.63, 3.8) is 0 Å². The van der Waals surface area contributed by atoms with Crippen LogP contribution >= 0.6 is 0 Å². The standard InChI is InChI=1S/2C13H16N2O5.2C2H6/c2*1-8(2)19-10-5-3-9(4-6-10)13(14)15-20-12(18)7-11(16)17;2*1-2/h2*3-6,8H,7H2,1-2H3,(H2,14,15)(H,16,17);2*1-2H3. The van der Waals surface area contributed by atoms with Crippen molar-refractivity contribution >= 4 is 35.5 Å². The average molecular weight is 621 g/mol. The second-order valence-electron chi connectivity index (χ2n) is 8.40. The molecule has 6 N–H and O–H groups in total. The number of carbonyl (C=O) groups excluding carboxylic acids is 2. The number of ether oxygens (including phenoxy) is 2. The van der Waals surface area contributed by atoms with E-state index in [4.69, 9.17) is 31.2 Å². The lowest BCUT2D eigenvalue weighted by Gasteiger charge is -2.09. The third kappa shape index (κ3) is 19.9. The van der Waals surface area contributed by atoms with E-state index in [0.717, 1.165) is 0 Å². The van der Waals surface area contributed by atoms with Crippen molar-refractivity contribution in [2.24, 2.45) is 21.8 Å². The SMILES string of the molecule is CC.CC.CC(C)Oc1ccc(/C(N)=N/OC(=O)CC(=O)O)cc1.CC(C)Oc1ccc(/C(N)=N/OC(=O)CC(=O)O)cc1. The minimum Gasteiger partial charge on any atom is -0.491 e. The molecule has 14 heteroatoms. The molecule has 2 rings (SSSR count). The first kappa shape index (κ1) is 41.0. The Bertz CT molecular complexity index is 1110. The van der Waals surface area contributed by atoms with Crippen LogP contribution in [0.2, 0.25) is 0 Å².